The maximum atomic E-state index is 12.9. The summed E-state index contributed by atoms with van der Waals surface area (Å²) in [5.74, 6) is -0.127. The smallest absolute Gasteiger partial charge is 0.458 e. The Kier molecular flexibility index (Phi) is 14.7. The molecule has 13 heteroatoms. The average molecular weight is 603 g/mol. The number of hydrogen-bond donors (Lipinski definition) is 0. The van der Waals surface area contributed by atoms with Crippen LogP contribution in [0.5, 0.6) is 0 Å². The highest BCUT2D eigenvalue weighted by molar-refractivity contribution is 5.76. The van der Waals surface area contributed by atoms with Crippen LogP contribution in [0.3, 0.4) is 0 Å². The van der Waals surface area contributed by atoms with Crippen molar-refractivity contribution in [3.8, 4) is 24.7 Å². The van der Waals surface area contributed by atoms with Crippen molar-refractivity contribution < 1.29 is 59.6 Å². The Hall–Kier alpha value is -2.48. The van der Waals surface area contributed by atoms with Crippen molar-refractivity contribution in [3.63, 3.8) is 0 Å². The van der Waals surface area contributed by atoms with Crippen LogP contribution in [0.15, 0.2) is 0 Å². The molecule has 0 N–H and O–H groups in total. The molecular weight excluding hydrogens is 562 g/mol. The van der Waals surface area contributed by atoms with Crippen molar-refractivity contribution in [3.05, 3.63) is 0 Å². The van der Waals surface area contributed by atoms with Crippen molar-refractivity contribution >= 4 is 11.9 Å². The van der Waals surface area contributed by atoms with Gasteiger partial charge in [0, 0.05) is 10.8 Å². The third-order valence-electron chi connectivity index (χ3n) is 6.40. The van der Waals surface area contributed by atoms with E-state index in [9.17, 15) is 35.9 Å². The van der Waals surface area contributed by atoms with Gasteiger partial charge in [-0.3, -0.25) is 0 Å². The summed E-state index contributed by atoms with van der Waals surface area (Å²) in [6.07, 6.45) is 0.582. The van der Waals surface area contributed by atoms with Gasteiger partial charge in [-0.25, -0.2) is 9.59 Å². The summed E-state index contributed by atoms with van der Waals surface area (Å²) in [7, 11) is 0. The van der Waals surface area contributed by atoms with Crippen molar-refractivity contribution in [2.75, 3.05) is 39.6 Å². The highest BCUT2D eigenvalue weighted by Gasteiger charge is 2.47. The highest BCUT2D eigenvalue weighted by atomic mass is 19.4. The van der Waals surface area contributed by atoms with Crippen LogP contribution in [0.25, 0.3) is 0 Å². The van der Waals surface area contributed by atoms with Crippen LogP contribution in [0, 0.1) is 35.5 Å². The first-order valence-electron chi connectivity index (χ1n) is 12.8. The lowest BCUT2D eigenvalue weighted by Crippen LogP contribution is -2.47. The highest BCUT2D eigenvalue weighted by Crippen LogP contribution is 2.40. The first kappa shape index (κ1) is 38.5. The summed E-state index contributed by atoms with van der Waals surface area (Å²) in [4.78, 5) is 23.0. The summed E-state index contributed by atoms with van der Waals surface area (Å²) in [6, 6.07) is 0. The van der Waals surface area contributed by atoms with E-state index in [-0.39, 0.29) is 52.3 Å². The molecule has 41 heavy (non-hydrogen) atoms. The third kappa shape index (κ3) is 14.3. The number of carbonyl (C=O) groups excluding carboxylic acids is 2. The number of carbonyl (C=O) groups is 2. The second-order valence-corrected chi connectivity index (χ2v) is 11.2. The van der Waals surface area contributed by atoms with Crippen LogP contribution < -0.4 is 0 Å². The molecular formula is C28H40F6O7. The molecule has 0 saturated heterocycles. The normalized spacial score (nSPS) is 15.7. The molecule has 0 aliphatic rings. The zero-order valence-electron chi connectivity index (χ0n) is 24.4. The van der Waals surface area contributed by atoms with Gasteiger partial charge < -0.3 is 23.7 Å². The van der Waals surface area contributed by atoms with Crippen LogP contribution >= 0.6 is 0 Å². The summed E-state index contributed by atoms with van der Waals surface area (Å²) >= 11 is 0. The molecule has 0 saturated carbocycles. The van der Waals surface area contributed by atoms with Gasteiger partial charge in [0.25, 0.3) is 0 Å². The van der Waals surface area contributed by atoms with Gasteiger partial charge in [0.05, 0.1) is 32.0 Å². The third-order valence-corrected chi connectivity index (χ3v) is 6.40. The molecule has 0 aromatic carbocycles. The van der Waals surface area contributed by atoms with Gasteiger partial charge in [0.1, 0.15) is 18.8 Å². The number of ether oxygens (including phenoxy) is 5. The zero-order chi connectivity index (χ0) is 32.2. The van der Waals surface area contributed by atoms with Crippen LogP contribution in [0.1, 0.15) is 67.2 Å². The fourth-order valence-electron chi connectivity index (χ4n) is 4.45. The molecule has 0 aromatic rings. The van der Waals surface area contributed by atoms with E-state index in [0.29, 0.717) is 6.42 Å². The van der Waals surface area contributed by atoms with Crippen LogP contribution in [-0.2, 0) is 33.3 Å². The van der Waals surface area contributed by atoms with Gasteiger partial charge in [-0.05, 0) is 53.4 Å². The number of alkyl halides is 6. The lowest BCUT2D eigenvalue weighted by molar-refractivity contribution is -0.216. The van der Waals surface area contributed by atoms with Crippen LogP contribution in [0.2, 0.25) is 0 Å². The van der Waals surface area contributed by atoms with Crippen molar-refractivity contribution in [2.24, 2.45) is 10.8 Å². The molecule has 0 amide bonds. The molecule has 0 aromatic heterocycles. The van der Waals surface area contributed by atoms with E-state index < -0.39 is 52.9 Å². The monoisotopic (exact) mass is 602 g/mol. The predicted octanol–water partition coefficient (Wildman–Crippen LogP) is 5.64. The SMILES string of the molecule is C#CCOCC(CC)(COC(=O)C(F)(F)F)CC(C)(C)OCC(CC)(COCC#C)CC(C)(C)OC(=O)C(F)(F)F. The van der Waals surface area contributed by atoms with Gasteiger partial charge in [0.2, 0.25) is 0 Å². The maximum absolute atomic E-state index is 12.9. The summed E-state index contributed by atoms with van der Waals surface area (Å²) < 4.78 is 103. The molecule has 2 atom stereocenters. The molecule has 0 rings (SSSR count). The second-order valence-electron chi connectivity index (χ2n) is 11.2. The number of hydrogen-bond acceptors (Lipinski definition) is 7. The molecule has 0 heterocycles. The summed E-state index contributed by atoms with van der Waals surface area (Å²) in [6.45, 7) is 8.23. The van der Waals surface area contributed by atoms with E-state index in [1.54, 1.807) is 27.7 Å². The molecule has 0 bridgehead atoms. The Balaban J connectivity index is 6.02. The van der Waals surface area contributed by atoms with Crippen molar-refractivity contribution in [2.45, 2.75) is 90.8 Å². The minimum absolute atomic E-state index is 0.0453. The van der Waals surface area contributed by atoms with Gasteiger partial charge in [-0.15, -0.1) is 12.8 Å². The van der Waals surface area contributed by atoms with Gasteiger partial charge in [-0.2, -0.15) is 26.3 Å². The summed E-state index contributed by atoms with van der Waals surface area (Å²) in [5.41, 5.74) is -4.78. The fraction of sp³-hybridized carbons (Fsp3) is 0.786. The predicted molar refractivity (Wildman–Crippen MR) is 137 cm³/mol. The average Bonchev–Trinajstić information content (AvgIpc) is 2.84. The molecule has 0 radical (unpaired) electrons. The lowest BCUT2D eigenvalue weighted by Gasteiger charge is -2.43. The van der Waals surface area contributed by atoms with E-state index in [4.69, 9.17) is 31.8 Å². The van der Waals surface area contributed by atoms with E-state index in [1.165, 1.54) is 13.8 Å². The molecule has 0 spiro atoms. The zero-order valence-corrected chi connectivity index (χ0v) is 24.4. The second kappa shape index (κ2) is 15.7. The van der Waals surface area contributed by atoms with Crippen LogP contribution in [-0.4, -0.2) is 75.1 Å². The maximum Gasteiger partial charge on any atom is 0.490 e. The number of rotatable bonds is 18. The van der Waals surface area contributed by atoms with Gasteiger partial charge >= 0.3 is 24.3 Å². The minimum Gasteiger partial charge on any atom is -0.458 e. The lowest BCUT2D eigenvalue weighted by atomic mass is 9.75. The molecule has 236 valence electrons. The quantitative estimate of drug-likeness (QED) is 0.0869. The van der Waals surface area contributed by atoms with E-state index >= 15 is 0 Å². The standard InChI is InChI=1S/C28H40F6O7/c1-9-13-37-17-25(11-3,19-39-21(35)27(29,30)31)15-23(5,6)40-20-26(12-4,18-38-14-10-2)16-24(7,8)41-22(36)28(32,33)34/h1-2H,11-20H2,3-8H3. The first-order chi connectivity index (χ1) is 18.6. The number of halogens is 6. The molecule has 0 fully saturated rings. The van der Waals surface area contributed by atoms with Crippen LogP contribution in [0.4, 0.5) is 26.3 Å². The van der Waals surface area contributed by atoms with E-state index in [0.717, 1.165) is 0 Å². The Morgan fingerprint density at radius 1 is 0.659 bits per heavy atom. The first-order valence-corrected chi connectivity index (χ1v) is 12.8. The topological polar surface area (TPSA) is 80.3 Å². The van der Waals surface area contributed by atoms with Crippen molar-refractivity contribution in [1.82, 2.24) is 0 Å². The van der Waals surface area contributed by atoms with Gasteiger partial charge in [0.15, 0.2) is 0 Å². The number of terminal acetylenes is 2. The Morgan fingerprint density at radius 2 is 1.07 bits per heavy atom. The molecule has 2 unspecified atom stereocenters. The molecule has 0 aliphatic carbocycles. The Labute approximate surface area is 237 Å². The van der Waals surface area contributed by atoms with E-state index in [1.807, 2.05) is 0 Å². The molecule has 0 aliphatic heterocycles. The number of esters is 2. The largest absolute Gasteiger partial charge is 0.490 e. The fourth-order valence-corrected chi connectivity index (χ4v) is 4.45. The van der Waals surface area contributed by atoms with Gasteiger partial charge in [-0.1, -0.05) is 25.7 Å². The minimum atomic E-state index is -5.19. The Morgan fingerprint density at radius 3 is 1.46 bits per heavy atom. The van der Waals surface area contributed by atoms with E-state index in [2.05, 4.69) is 16.6 Å². The summed E-state index contributed by atoms with van der Waals surface area (Å²) in [5, 5.41) is 0. The molecule has 7 nitrogen and oxygen atoms in total. The van der Waals surface area contributed by atoms with Crippen molar-refractivity contribution in [1.29, 1.82) is 0 Å². The Bertz CT molecular complexity index is 930.